The molecule has 1 amide bonds. The molecule has 0 bridgehead atoms. The maximum absolute atomic E-state index is 11.4. The van der Waals surface area contributed by atoms with E-state index in [0.717, 1.165) is 0 Å². The average molecular weight is 224 g/mol. The fraction of sp³-hybridized carbons (Fsp3) is 0.364. The lowest BCUT2D eigenvalue weighted by Crippen LogP contribution is -2.41. The summed E-state index contributed by atoms with van der Waals surface area (Å²) in [6.07, 6.45) is 0.319. The highest BCUT2D eigenvalue weighted by molar-refractivity contribution is 5.81. The van der Waals surface area contributed by atoms with Crippen LogP contribution in [0.1, 0.15) is 12.5 Å². The second-order valence-electron chi connectivity index (χ2n) is 3.53. The topological polar surface area (TPSA) is 95.6 Å². The van der Waals surface area contributed by atoms with Crippen LogP contribution in [0.5, 0.6) is 11.5 Å². The molecule has 0 aliphatic carbocycles. The number of hydrogen-bond acceptors (Lipinski definition) is 4. The third-order valence-electron chi connectivity index (χ3n) is 2.18. The minimum absolute atomic E-state index is 0.185. The van der Waals surface area contributed by atoms with Crippen molar-refractivity contribution in [3.05, 3.63) is 23.8 Å². The molecule has 0 unspecified atom stereocenters. The van der Waals surface area contributed by atoms with Crippen LogP contribution in [-0.4, -0.2) is 28.7 Å². The number of phenolic OH excluding ortho intramolecular Hbond substituents is 2. The summed E-state index contributed by atoms with van der Waals surface area (Å²) in [7, 11) is 0. The van der Waals surface area contributed by atoms with E-state index in [1.165, 1.54) is 12.1 Å². The van der Waals surface area contributed by atoms with E-state index < -0.39 is 6.04 Å². The molecule has 16 heavy (non-hydrogen) atoms. The van der Waals surface area contributed by atoms with Gasteiger partial charge >= 0.3 is 0 Å². The maximum atomic E-state index is 11.4. The number of rotatable bonds is 4. The summed E-state index contributed by atoms with van der Waals surface area (Å²) in [5, 5.41) is 21.0. The van der Waals surface area contributed by atoms with Gasteiger partial charge in [-0.1, -0.05) is 6.07 Å². The number of benzene rings is 1. The molecule has 0 saturated carbocycles. The van der Waals surface area contributed by atoms with E-state index in [9.17, 15) is 9.90 Å². The van der Waals surface area contributed by atoms with Crippen molar-refractivity contribution in [2.24, 2.45) is 5.73 Å². The molecule has 1 aromatic carbocycles. The Morgan fingerprint density at radius 2 is 2.12 bits per heavy atom. The van der Waals surface area contributed by atoms with Gasteiger partial charge in [0, 0.05) is 6.54 Å². The molecular weight excluding hydrogens is 208 g/mol. The van der Waals surface area contributed by atoms with Crippen LogP contribution >= 0.6 is 0 Å². The van der Waals surface area contributed by atoms with E-state index in [1.54, 1.807) is 6.07 Å². The van der Waals surface area contributed by atoms with Crippen molar-refractivity contribution in [1.29, 1.82) is 0 Å². The molecule has 0 aliphatic rings. The molecule has 88 valence electrons. The maximum Gasteiger partial charge on any atom is 0.237 e. The van der Waals surface area contributed by atoms with Gasteiger partial charge in [-0.15, -0.1) is 0 Å². The third-order valence-corrected chi connectivity index (χ3v) is 2.18. The van der Waals surface area contributed by atoms with Crippen molar-refractivity contribution in [3.8, 4) is 11.5 Å². The van der Waals surface area contributed by atoms with Gasteiger partial charge in [0.2, 0.25) is 5.91 Å². The Labute approximate surface area is 93.9 Å². The van der Waals surface area contributed by atoms with E-state index in [0.29, 0.717) is 18.5 Å². The van der Waals surface area contributed by atoms with Gasteiger partial charge in [-0.25, -0.2) is 0 Å². The van der Waals surface area contributed by atoms with Crippen LogP contribution in [-0.2, 0) is 11.2 Å². The monoisotopic (exact) mass is 224 g/mol. The Morgan fingerprint density at radius 1 is 1.44 bits per heavy atom. The zero-order valence-corrected chi connectivity index (χ0v) is 9.10. The quantitative estimate of drug-likeness (QED) is 0.546. The first-order chi connectivity index (χ1) is 7.54. The Morgan fingerprint density at radius 3 is 2.69 bits per heavy atom. The molecule has 0 fully saturated rings. The van der Waals surface area contributed by atoms with Gasteiger partial charge in [0.1, 0.15) is 0 Å². The van der Waals surface area contributed by atoms with Gasteiger partial charge in [-0.05, 0) is 31.0 Å². The molecule has 0 radical (unpaired) electrons. The van der Waals surface area contributed by atoms with Gasteiger partial charge in [0.05, 0.1) is 6.04 Å². The van der Waals surface area contributed by atoms with Crippen molar-refractivity contribution in [2.75, 3.05) is 6.54 Å². The smallest absolute Gasteiger partial charge is 0.237 e. The van der Waals surface area contributed by atoms with E-state index in [-0.39, 0.29) is 17.4 Å². The fourth-order valence-corrected chi connectivity index (χ4v) is 1.35. The van der Waals surface area contributed by atoms with Crippen molar-refractivity contribution in [2.45, 2.75) is 19.4 Å². The summed E-state index contributed by atoms with van der Waals surface area (Å²) >= 11 is 0. The van der Waals surface area contributed by atoms with E-state index in [1.807, 2.05) is 6.92 Å². The van der Waals surface area contributed by atoms with Gasteiger partial charge in [0.25, 0.3) is 0 Å². The number of phenols is 2. The molecule has 5 nitrogen and oxygen atoms in total. The first-order valence-electron chi connectivity index (χ1n) is 5.08. The van der Waals surface area contributed by atoms with Crippen molar-refractivity contribution in [1.82, 2.24) is 5.32 Å². The van der Waals surface area contributed by atoms with E-state index in [2.05, 4.69) is 5.32 Å². The Kier molecular flexibility index (Phi) is 4.13. The van der Waals surface area contributed by atoms with Crippen molar-refractivity contribution in [3.63, 3.8) is 0 Å². The van der Waals surface area contributed by atoms with E-state index in [4.69, 9.17) is 10.8 Å². The lowest BCUT2D eigenvalue weighted by Gasteiger charge is -2.11. The lowest BCUT2D eigenvalue weighted by atomic mass is 10.1. The minimum atomic E-state index is -0.649. The van der Waals surface area contributed by atoms with Gasteiger partial charge in [-0.3, -0.25) is 4.79 Å². The lowest BCUT2D eigenvalue weighted by molar-refractivity contribution is -0.122. The Hall–Kier alpha value is -1.75. The van der Waals surface area contributed by atoms with Crippen LogP contribution in [0, 0.1) is 0 Å². The summed E-state index contributed by atoms with van der Waals surface area (Å²) in [6, 6.07) is 3.74. The average Bonchev–Trinajstić information content (AvgIpc) is 2.24. The molecule has 0 aliphatic heterocycles. The highest BCUT2D eigenvalue weighted by atomic mass is 16.3. The highest BCUT2D eigenvalue weighted by Gasteiger charge is 2.13. The van der Waals surface area contributed by atoms with Crippen LogP contribution in [0.15, 0.2) is 18.2 Å². The summed E-state index contributed by atoms with van der Waals surface area (Å²) in [6.45, 7) is 2.35. The first-order valence-corrected chi connectivity index (χ1v) is 5.08. The largest absolute Gasteiger partial charge is 0.504 e. The van der Waals surface area contributed by atoms with E-state index >= 15 is 0 Å². The summed E-state index contributed by atoms with van der Waals surface area (Å²) < 4.78 is 0. The molecule has 0 saturated heterocycles. The summed E-state index contributed by atoms with van der Waals surface area (Å²) in [5.41, 5.74) is 6.37. The predicted octanol–water partition coefficient (Wildman–Crippen LogP) is 0.104. The van der Waals surface area contributed by atoms with Gasteiger partial charge in [0.15, 0.2) is 11.5 Å². The Bertz CT molecular complexity index is 379. The number of likely N-dealkylation sites (N-methyl/N-ethyl adjacent to an activating group) is 1. The standard InChI is InChI=1S/C11H16N2O3/c1-2-13-11(16)8(12)5-7-3-4-9(14)10(15)6-7/h3-4,6,8,14-15H,2,5,12H2,1H3,(H,13,16)/t8-/m0/s1. The minimum Gasteiger partial charge on any atom is -0.504 e. The molecule has 0 heterocycles. The number of nitrogens with two attached hydrogens (primary N) is 1. The van der Waals surface area contributed by atoms with Crippen molar-refractivity contribution >= 4 is 5.91 Å². The normalized spacial score (nSPS) is 12.1. The van der Waals surface area contributed by atoms with Crippen LogP contribution in [0.25, 0.3) is 0 Å². The van der Waals surface area contributed by atoms with Crippen LogP contribution in [0.4, 0.5) is 0 Å². The first kappa shape index (κ1) is 12.3. The van der Waals surface area contributed by atoms with Gasteiger partial charge in [-0.2, -0.15) is 0 Å². The Balaban J connectivity index is 2.66. The van der Waals surface area contributed by atoms with Crippen LogP contribution in [0.2, 0.25) is 0 Å². The molecule has 1 rings (SSSR count). The fourth-order valence-electron chi connectivity index (χ4n) is 1.35. The van der Waals surface area contributed by atoms with Crippen LogP contribution < -0.4 is 11.1 Å². The summed E-state index contributed by atoms with van der Waals surface area (Å²) in [4.78, 5) is 11.4. The predicted molar refractivity (Wildman–Crippen MR) is 60.1 cm³/mol. The zero-order chi connectivity index (χ0) is 12.1. The third kappa shape index (κ3) is 3.13. The molecule has 5 N–H and O–H groups in total. The zero-order valence-electron chi connectivity index (χ0n) is 9.10. The highest BCUT2D eigenvalue weighted by Crippen LogP contribution is 2.25. The number of nitrogens with one attached hydrogen (secondary N) is 1. The molecular formula is C11H16N2O3. The van der Waals surface area contributed by atoms with Crippen molar-refractivity contribution < 1.29 is 15.0 Å². The summed E-state index contributed by atoms with van der Waals surface area (Å²) in [5.74, 6) is -0.619. The second kappa shape index (κ2) is 5.37. The number of carbonyl (C=O) groups excluding carboxylic acids is 1. The number of hydrogen-bond donors (Lipinski definition) is 4. The molecule has 1 atom stereocenters. The molecule has 5 heteroatoms. The van der Waals surface area contributed by atoms with Gasteiger partial charge < -0.3 is 21.3 Å². The molecule has 0 spiro atoms. The second-order valence-corrected chi connectivity index (χ2v) is 3.53. The van der Waals surface area contributed by atoms with Crippen LogP contribution in [0.3, 0.4) is 0 Å². The molecule has 0 aromatic heterocycles. The number of aromatic hydroxyl groups is 2. The number of amides is 1. The number of carbonyl (C=O) groups is 1. The molecule has 1 aromatic rings. The SMILES string of the molecule is CCNC(=O)[C@@H](N)Cc1ccc(O)c(O)c1.